The molecule has 1 saturated carbocycles. The molecule has 0 bridgehead atoms. The summed E-state index contributed by atoms with van der Waals surface area (Å²) in [5, 5.41) is 0. The van der Waals surface area contributed by atoms with Crippen LogP contribution in [0.3, 0.4) is 0 Å². The predicted molar refractivity (Wildman–Crippen MR) is 62.3 cm³/mol. The third-order valence-electron chi connectivity index (χ3n) is 3.32. The van der Waals surface area contributed by atoms with Gasteiger partial charge in [-0.05, 0) is 52.0 Å². The Kier molecular flexibility index (Phi) is 4.90. The van der Waals surface area contributed by atoms with Crippen molar-refractivity contribution in [3.63, 3.8) is 0 Å². The van der Waals surface area contributed by atoms with Gasteiger partial charge in [-0.3, -0.25) is 0 Å². The van der Waals surface area contributed by atoms with E-state index >= 15 is 0 Å². The molecule has 0 aromatic carbocycles. The summed E-state index contributed by atoms with van der Waals surface area (Å²) < 4.78 is 0. The molecule has 2 unspecified atom stereocenters. The zero-order valence-corrected chi connectivity index (χ0v) is 10.00. The van der Waals surface area contributed by atoms with Gasteiger partial charge in [0.15, 0.2) is 0 Å². The van der Waals surface area contributed by atoms with E-state index in [-0.39, 0.29) is 0 Å². The van der Waals surface area contributed by atoms with Crippen molar-refractivity contribution in [1.29, 1.82) is 0 Å². The molecular weight excluding hydrogens is 172 g/mol. The van der Waals surface area contributed by atoms with Crippen molar-refractivity contribution in [2.75, 3.05) is 13.1 Å². The van der Waals surface area contributed by atoms with Gasteiger partial charge < -0.3 is 10.6 Å². The highest BCUT2D eigenvalue weighted by Crippen LogP contribution is 2.25. The Morgan fingerprint density at radius 1 is 1.36 bits per heavy atom. The van der Waals surface area contributed by atoms with E-state index in [1.165, 1.54) is 38.8 Å². The molecule has 0 saturated heterocycles. The van der Waals surface area contributed by atoms with Gasteiger partial charge in [0.05, 0.1) is 0 Å². The normalized spacial score (nSPS) is 27.9. The lowest BCUT2D eigenvalue weighted by molar-refractivity contribution is 0.188. The van der Waals surface area contributed by atoms with Gasteiger partial charge >= 0.3 is 0 Å². The Balaban J connectivity index is 2.31. The molecule has 1 fully saturated rings. The largest absolute Gasteiger partial charge is 0.328 e. The highest BCUT2D eigenvalue weighted by atomic mass is 15.1. The van der Waals surface area contributed by atoms with Crippen LogP contribution in [0.1, 0.15) is 46.5 Å². The van der Waals surface area contributed by atoms with E-state index in [9.17, 15) is 0 Å². The van der Waals surface area contributed by atoms with Crippen LogP contribution in [0.15, 0.2) is 0 Å². The summed E-state index contributed by atoms with van der Waals surface area (Å²) in [7, 11) is 0. The minimum Gasteiger partial charge on any atom is -0.328 e. The lowest BCUT2D eigenvalue weighted by atomic mass is 10.1. The maximum absolute atomic E-state index is 5.93. The Labute approximate surface area is 88.8 Å². The van der Waals surface area contributed by atoms with Crippen LogP contribution in [0.2, 0.25) is 0 Å². The minimum absolute atomic E-state index is 0.482. The van der Waals surface area contributed by atoms with Crippen molar-refractivity contribution in [2.24, 2.45) is 11.7 Å². The van der Waals surface area contributed by atoms with Gasteiger partial charge in [0.1, 0.15) is 0 Å². The molecule has 0 aliphatic heterocycles. The zero-order valence-electron chi connectivity index (χ0n) is 10.00. The van der Waals surface area contributed by atoms with Gasteiger partial charge in [-0.1, -0.05) is 6.92 Å². The first-order valence-corrected chi connectivity index (χ1v) is 6.13. The van der Waals surface area contributed by atoms with Crippen molar-refractivity contribution in [3.8, 4) is 0 Å². The SMILES string of the molecule is CCCN(CC1CCC(N)C1)C(C)C. The second-order valence-corrected chi connectivity index (χ2v) is 5.03. The summed E-state index contributed by atoms with van der Waals surface area (Å²) in [5.74, 6) is 0.860. The van der Waals surface area contributed by atoms with Gasteiger partial charge in [-0.15, -0.1) is 0 Å². The van der Waals surface area contributed by atoms with E-state index in [0.29, 0.717) is 12.1 Å². The average Bonchev–Trinajstić information content (AvgIpc) is 2.50. The second kappa shape index (κ2) is 5.72. The molecular formula is C12H26N2. The van der Waals surface area contributed by atoms with Gasteiger partial charge in [-0.25, -0.2) is 0 Å². The Hall–Kier alpha value is -0.0800. The summed E-state index contributed by atoms with van der Waals surface area (Å²) in [4.78, 5) is 2.60. The molecule has 2 nitrogen and oxygen atoms in total. The number of nitrogens with two attached hydrogens (primary N) is 1. The molecule has 0 spiro atoms. The fourth-order valence-electron chi connectivity index (χ4n) is 2.46. The molecule has 1 aliphatic carbocycles. The van der Waals surface area contributed by atoms with Crippen LogP contribution in [0.4, 0.5) is 0 Å². The van der Waals surface area contributed by atoms with Crippen molar-refractivity contribution in [1.82, 2.24) is 4.90 Å². The van der Waals surface area contributed by atoms with Crippen molar-refractivity contribution in [3.05, 3.63) is 0 Å². The number of nitrogens with zero attached hydrogens (tertiary/aromatic N) is 1. The molecule has 0 radical (unpaired) electrons. The van der Waals surface area contributed by atoms with Gasteiger partial charge in [-0.2, -0.15) is 0 Å². The molecule has 0 heterocycles. The van der Waals surface area contributed by atoms with Gasteiger partial charge in [0, 0.05) is 18.6 Å². The Morgan fingerprint density at radius 2 is 2.07 bits per heavy atom. The maximum Gasteiger partial charge on any atom is 0.00420 e. The van der Waals surface area contributed by atoms with E-state index in [4.69, 9.17) is 5.73 Å². The van der Waals surface area contributed by atoms with Crippen LogP contribution in [0.25, 0.3) is 0 Å². The molecule has 14 heavy (non-hydrogen) atoms. The smallest absolute Gasteiger partial charge is 0.00420 e. The quantitative estimate of drug-likeness (QED) is 0.734. The first kappa shape index (κ1) is 12.0. The molecule has 84 valence electrons. The summed E-state index contributed by atoms with van der Waals surface area (Å²) in [6, 6.07) is 1.17. The lowest BCUT2D eigenvalue weighted by Crippen LogP contribution is -2.35. The van der Waals surface area contributed by atoms with Crippen LogP contribution in [0, 0.1) is 5.92 Å². The van der Waals surface area contributed by atoms with E-state index in [0.717, 1.165) is 5.92 Å². The first-order chi connectivity index (χ1) is 6.63. The molecule has 0 aromatic heterocycles. The van der Waals surface area contributed by atoms with Crippen molar-refractivity contribution < 1.29 is 0 Å². The topological polar surface area (TPSA) is 29.3 Å². The van der Waals surface area contributed by atoms with E-state index < -0.39 is 0 Å². The Bertz CT molecular complexity index is 156. The zero-order chi connectivity index (χ0) is 10.6. The monoisotopic (exact) mass is 198 g/mol. The third kappa shape index (κ3) is 3.58. The van der Waals surface area contributed by atoms with Crippen LogP contribution < -0.4 is 5.73 Å². The lowest BCUT2D eigenvalue weighted by Gasteiger charge is -2.28. The molecule has 0 amide bonds. The van der Waals surface area contributed by atoms with Crippen molar-refractivity contribution >= 4 is 0 Å². The molecule has 2 atom stereocenters. The van der Waals surface area contributed by atoms with Crippen LogP contribution >= 0.6 is 0 Å². The average molecular weight is 198 g/mol. The number of rotatable bonds is 5. The van der Waals surface area contributed by atoms with E-state index in [1.807, 2.05) is 0 Å². The summed E-state index contributed by atoms with van der Waals surface area (Å²) >= 11 is 0. The molecule has 1 aliphatic rings. The van der Waals surface area contributed by atoms with Gasteiger partial charge in [0.2, 0.25) is 0 Å². The van der Waals surface area contributed by atoms with Crippen LogP contribution in [-0.2, 0) is 0 Å². The summed E-state index contributed by atoms with van der Waals surface area (Å²) in [6.07, 6.45) is 5.08. The Morgan fingerprint density at radius 3 is 2.50 bits per heavy atom. The van der Waals surface area contributed by atoms with Crippen molar-refractivity contribution in [2.45, 2.75) is 58.5 Å². The second-order valence-electron chi connectivity index (χ2n) is 5.03. The predicted octanol–water partition coefficient (Wildman–Crippen LogP) is 2.23. The molecule has 2 heteroatoms. The fourth-order valence-corrected chi connectivity index (χ4v) is 2.46. The van der Waals surface area contributed by atoms with E-state index in [1.54, 1.807) is 0 Å². The highest BCUT2D eigenvalue weighted by Gasteiger charge is 2.24. The number of hydrogen-bond donors (Lipinski definition) is 1. The summed E-state index contributed by atoms with van der Waals surface area (Å²) in [6.45, 7) is 9.35. The summed E-state index contributed by atoms with van der Waals surface area (Å²) in [5.41, 5.74) is 5.93. The van der Waals surface area contributed by atoms with Gasteiger partial charge in [0.25, 0.3) is 0 Å². The van der Waals surface area contributed by atoms with Crippen LogP contribution in [0.5, 0.6) is 0 Å². The highest BCUT2D eigenvalue weighted by molar-refractivity contribution is 4.80. The minimum atomic E-state index is 0.482. The first-order valence-electron chi connectivity index (χ1n) is 6.13. The third-order valence-corrected chi connectivity index (χ3v) is 3.32. The fraction of sp³-hybridized carbons (Fsp3) is 1.00. The maximum atomic E-state index is 5.93. The molecule has 0 aromatic rings. The van der Waals surface area contributed by atoms with Crippen LogP contribution in [-0.4, -0.2) is 30.1 Å². The molecule has 2 N–H and O–H groups in total. The number of hydrogen-bond acceptors (Lipinski definition) is 2. The molecule has 1 rings (SSSR count). The van der Waals surface area contributed by atoms with E-state index in [2.05, 4.69) is 25.7 Å². The standard InChI is InChI=1S/C12H26N2/c1-4-7-14(10(2)3)9-11-5-6-12(13)8-11/h10-12H,4-9,13H2,1-3H3.